The van der Waals surface area contributed by atoms with Gasteiger partial charge in [-0.25, -0.2) is 0 Å². The summed E-state index contributed by atoms with van der Waals surface area (Å²) in [7, 11) is 0. The van der Waals surface area contributed by atoms with Crippen molar-refractivity contribution in [3.63, 3.8) is 0 Å². The van der Waals surface area contributed by atoms with E-state index in [1.54, 1.807) is 0 Å². The zero-order chi connectivity index (χ0) is 9.84. The number of rotatable bonds is 4. The molecule has 1 aromatic rings. The van der Waals surface area contributed by atoms with Crippen LogP contribution in [0.5, 0.6) is 0 Å². The van der Waals surface area contributed by atoms with Crippen molar-refractivity contribution in [1.82, 2.24) is 5.16 Å². The first-order chi connectivity index (χ1) is 6.16. The molecule has 0 spiro atoms. The Hall–Kier alpha value is -1.66. The second kappa shape index (κ2) is 3.83. The minimum atomic E-state index is -0.783. The zero-order valence-corrected chi connectivity index (χ0v) is 7.10. The van der Waals surface area contributed by atoms with Crippen molar-refractivity contribution in [2.45, 2.75) is 26.2 Å². The third kappa shape index (κ3) is 1.92. The van der Waals surface area contributed by atoms with Crippen LogP contribution in [-0.4, -0.2) is 10.1 Å². The molecule has 0 atom stereocenters. The van der Waals surface area contributed by atoms with Crippen molar-refractivity contribution in [3.05, 3.63) is 21.0 Å². The number of nitrogens with zero attached hydrogens (tertiary/aromatic N) is 3. The summed E-state index contributed by atoms with van der Waals surface area (Å²) in [5.41, 5.74) is 0.113. The summed E-state index contributed by atoms with van der Waals surface area (Å²) in [5, 5.41) is 24.4. The van der Waals surface area contributed by atoms with E-state index in [1.807, 2.05) is 6.92 Å². The maximum atomic E-state index is 10.7. The summed E-state index contributed by atoms with van der Waals surface area (Å²) in [4.78, 5) is 9.39. The van der Waals surface area contributed by atoms with Crippen LogP contribution in [0, 0.1) is 15.3 Å². The normalized spacial score (nSPS) is 10.2. The smallest absolute Gasteiger partial charge is 0.323 e. The Bertz CT molecular complexity index is 309. The highest BCUT2D eigenvalue weighted by atomic mass is 16.8. The topological polar surface area (TPSA) is 96.1 Å². The van der Waals surface area contributed by atoms with Crippen LogP contribution in [0.4, 0.5) is 5.82 Å². The van der Waals surface area contributed by atoms with Crippen LogP contribution in [-0.2, 0) is 6.42 Å². The Balaban J connectivity index is 2.87. The summed E-state index contributed by atoms with van der Waals surface area (Å²) >= 11 is 0. The van der Waals surface area contributed by atoms with Gasteiger partial charge < -0.3 is 15.3 Å². The van der Waals surface area contributed by atoms with Crippen molar-refractivity contribution < 1.29 is 14.5 Å². The Kier molecular flexibility index (Phi) is 2.78. The minimum absolute atomic E-state index is 0.113. The van der Waals surface area contributed by atoms with Crippen LogP contribution in [0.3, 0.4) is 0 Å². The van der Waals surface area contributed by atoms with Gasteiger partial charge in [-0.2, -0.15) is 4.63 Å². The van der Waals surface area contributed by atoms with Crippen molar-refractivity contribution in [1.29, 1.82) is 0 Å². The molecule has 0 saturated heterocycles. The van der Waals surface area contributed by atoms with Gasteiger partial charge in [-0.15, -0.1) is 0 Å². The average molecular weight is 187 g/mol. The molecule has 0 aliphatic heterocycles. The first-order valence-corrected chi connectivity index (χ1v) is 3.89. The first-order valence-electron chi connectivity index (χ1n) is 3.89. The zero-order valence-electron chi connectivity index (χ0n) is 7.10. The van der Waals surface area contributed by atoms with Crippen molar-refractivity contribution >= 4 is 5.82 Å². The van der Waals surface area contributed by atoms with Gasteiger partial charge >= 0.3 is 11.5 Å². The number of unbranched alkanes of at least 4 members (excludes halogenated alkanes) is 1. The number of hydrogen-bond acceptors (Lipinski definition) is 5. The fourth-order valence-electron chi connectivity index (χ4n) is 0.945. The predicted octanol–water partition coefficient (Wildman–Crippen LogP) is 0.559. The van der Waals surface area contributed by atoms with Crippen LogP contribution in [0.2, 0.25) is 0 Å². The fourth-order valence-corrected chi connectivity index (χ4v) is 0.945. The van der Waals surface area contributed by atoms with E-state index in [9.17, 15) is 15.3 Å². The second-order valence-electron chi connectivity index (χ2n) is 2.56. The minimum Gasteiger partial charge on any atom is -0.323 e. The molecule has 1 heterocycles. The molecule has 0 saturated carbocycles. The molecular weight excluding hydrogens is 178 g/mol. The largest absolute Gasteiger partial charge is 0.490 e. The molecule has 0 aromatic carbocycles. The molecule has 0 fully saturated rings. The highest BCUT2D eigenvalue weighted by molar-refractivity contribution is 5.17. The lowest BCUT2D eigenvalue weighted by atomic mass is 10.2. The number of nitro groups is 1. The molecule has 0 bridgehead atoms. The highest BCUT2D eigenvalue weighted by Crippen LogP contribution is 2.12. The fraction of sp³-hybridized carbons (Fsp3) is 0.667. The number of hydrogen-bond donors (Lipinski definition) is 0. The molecule has 0 aliphatic carbocycles. The number of aryl methyl sites for hydroxylation is 1. The van der Waals surface area contributed by atoms with Crippen molar-refractivity contribution in [2.75, 3.05) is 0 Å². The quantitative estimate of drug-likeness (QED) is 0.389. The summed E-state index contributed by atoms with van der Waals surface area (Å²) in [5.74, 6) is -0.603. The molecule has 0 amide bonds. The second-order valence-corrected chi connectivity index (χ2v) is 2.56. The van der Waals surface area contributed by atoms with Crippen LogP contribution in [0.25, 0.3) is 0 Å². The van der Waals surface area contributed by atoms with E-state index in [2.05, 4.69) is 9.79 Å². The van der Waals surface area contributed by atoms with E-state index in [0.29, 0.717) is 6.42 Å². The molecule has 1 aromatic heterocycles. The van der Waals surface area contributed by atoms with Crippen molar-refractivity contribution in [3.8, 4) is 0 Å². The molecule has 0 aliphatic rings. The highest BCUT2D eigenvalue weighted by Gasteiger charge is 2.29. The average Bonchev–Trinajstić information content (AvgIpc) is 2.43. The van der Waals surface area contributed by atoms with E-state index in [0.717, 1.165) is 12.8 Å². The van der Waals surface area contributed by atoms with Crippen LogP contribution < -0.4 is 4.90 Å². The molecule has 72 valence electrons. The van der Waals surface area contributed by atoms with E-state index in [4.69, 9.17) is 0 Å². The van der Waals surface area contributed by atoms with E-state index < -0.39 is 10.7 Å². The van der Waals surface area contributed by atoms with Gasteiger partial charge in [0, 0.05) is 11.3 Å². The molecule has 7 heteroatoms. The van der Waals surface area contributed by atoms with Crippen LogP contribution in [0.15, 0.2) is 4.63 Å². The standard InChI is InChI=1S/C6H9N3O4/c1-2-3-4-5-6(8(10)11)9(12)13-7-5/h2-4H2,1H3. The van der Waals surface area contributed by atoms with Gasteiger partial charge in [0.05, 0.1) is 4.90 Å². The van der Waals surface area contributed by atoms with Crippen LogP contribution >= 0.6 is 0 Å². The predicted molar refractivity (Wildman–Crippen MR) is 40.7 cm³/mol. The van der Waals surface area contributed by atoms with Gasteiger partial charge in [-0.3, -0.25) is 0 Å². The lowest BCUT2D eigenvalue weighted by molar-refractivity contribution is -0.825. The van der Waals surface area contributed by atoms with Crippen molar-refractivity contribution in [2.24, 2.45) is 0 Å². The van der Waals surface area contributed by atoms with E-state index in [-0.39, 0.29) is 10.6 Å². The first kappa shape index (κ1) is 9.43. The van der Waals surface area contributed by atoms with Gasteiger partial charge in [0.25, 0.3) is 0 Å². The Morgan fingerprint density at radius 1 is 1.69 bits per heavy atom. The number of aromatic nitrogens is 2. The van der Waals surface area contributed by atoms with Gasteiger partial charge in [0.15, 0.2) is 0 Å². The molecule has 7 nitrogen and oxygen atoms in total. The van der Waals surface area contributed by atoms with Crippen LogP contribution in [0.1, 0.15) is 25.5 Å². The van der Waals surface area contributed by atoms with Gasteiger partial charge in [-0.1, -0.05) is 13.3 Å². The molecular formula is C6H9N3O4. The third-order valence-electron chi connectivity index (χ3n) is 1.60. The Morgan fingerprint density at radius 3 is 2.92 bits per heavy atom. The lowest BCUT2D eigenvalue weighted by Gasteiger charge is -1.88. The maximum Gasteiger partial charge on any atom is 0.490 e. The lowest BCUT2D eigenvalue weighted by Crippen LogP contribution is -2.26. The molecule has 0 unspecified atom stereocenters. The summed E-state index contributed by atoms with van der Waals surface area (Å²) < 4.78 is 4.12. The van der Waals surface area contributed by atoms with Gasteiger partial charge in [0.2, 0.25) is 0 Å². The maximum absolute atomic E-state index is 10.7. The SMILES string of the molecule is CCCCc1no[n+]([O-])c1[N+](=O)[O-]. The molecule has 1 rings (SSSR count). The summed E-state index contributed by atoms with van der Waals surface area (Å²) in [6, 6.07) is 0. The molecule has 0 radical (unpaired) electrons. The summed E-state index contributed by atoms with van der Waals surface area (Å²) in [6.07, 6.45) is 2.02. The third-order valence-corrected chi connectivity index (χ3v) is 1.60. The molecule has 13 heavy (non-hydrogen) atoms. The van der Waals surface area contributed by atoms with Gasteiger partial charge in [0.1, 0.15) is 5.16 Å². The Labute approximate surface area is 73.6 Å². The Morgan fingerprint density at radius 2 is 2.38 bits per heavy atom. The summed E-state index contributed by atoms with van der Waals surface area (Å²) in [6.45, 7) is 1.94. The molecule has 0 N–H and O–H groups in total. The van der Waals surface area contributed by atoms with E-state index >= 15 is 0 Å². The van der Waals surface area contributed by atoms with E-state index in [1.165, 1.54) is 0 Å². The van der Waals surface area contributed by atoms with Gasteiger partial charge in [-0.05, 0) is 6.42 Å². The monoisotopic (exact) mass is 187 g/mol.